The smallest absolute Gasteiger partial charge is 0.425 e. The van der Waals surface area contributed by atoms with Gasteiger partial charge in [-0.1, -0.05) is 33.8 Å². The quantitative estimate of drug-likeness (QED) is 0.125. The molecular formula is C32H52FN3O10. The van der Waals surface area contributed by atoms with E-state index in [1.165, 1.54) is 20.8 Å². The minimum absolute atomic E-state index is 0.0349. The predicted octanol–water partition coefficient (Wildman–Crippen LogP) is 2.06. The first-order valence-corrected chi connectivity index (χ1v) is 15.9. The van der Waals surface area contributed by atoms with Crippen molar-refractivity contribution in [2.24, 2.45) is 23.6 Å². The maximum absolute atomic E-state index is 16.4. The first-order valence-electron chi connectivity index (χ1n) is 15.9. The van der Waals surface area contributed by atoms with Crippen molar-refractivity contribution in [2.45, 2.75) is 134 Å². The molecule has 0 saturated carbocycles. The van der Waals surface area contributed by atoms with E-state index in [-0.39, 0.29) is 12.8 Å². The van der Waals surface area contributed by atoms with Crippen molar-refractivity contribution >= 4 is 23.6 Å². The Labute approximate surface area is 270 Å². The van der Waals surface area contributed by atoms with Crippen LogP contribution in [0.4, 0.5) is 9.18 Å². The van der Waals surface area contributed by atoms with E-state index in [2.05, 4.69) is 6.58 Å². The van der Waals surface area contributed by atoms with Crippen LogP contribution in [0.25, 0.3) is 0 Å². The fraction of sp³-hybridized carbons (Fsp3) is 0.812. The molecule has 3 fully saturated rings. The normalized spacial score (nSPS) is 44.8. The molecule has 0 spiro atoms. The van der Waals surface area contributed by atoms with E-state index in [0.29, 0.717) is 13.0 Å². The number of fused-ring (bicyclic) bond motifs is 1. The van der Waals surface area contributed by atoms with Gasteiger partial charge in [-0.2, -0.15) is 0 Å². The van der Waals surface area contributed by atoms with Crippen LogP contribution in [0.2, 0.25) is 0 Å². The third-order valence-corrected chi connectivity index (χ3v) is 10.00. The van der Waals surface area contributed by atoms with E-state index in [1.54, 1.807) is 40.8 Å². The Hall–Kier alpha value is -2.49. The van der Waals surface area contributed by atoms with Crippen LogP contribution in [0, 0.1) is 17.8 Å². The third-order valence-electron chi connectivity index (χ3n) is 10.00. The largest absolute Gasteiger partial charge is 0.455 e. The number of ether oxygens (including phenoxy) is 4. The number of hydrogen-bond donors (Lipinski definition) is 3. The van der Waals surface area contributed by atoms with Crippen molar-refractivity contribution in [1.82, 2.24) is 9.91 Å². The topological polar surface area (TPSA) is 178 Å². The average Bonchev–Trinajstić information content (AvgIpc) is 3.20. The molecule has 3 aliphatic heterocycles. The first kappa shape index (κ1) is 38.0. The summed E-state index contributed by atoms with van der Waals surface area (Å²) in [5.74, 6) is -0.494. The number of likely N-dealkylation sites (N-methyl/N-ethyl adjacent to an activating group) is 1. The highest BCUT2D eigenvalue weighted by atomic mass is 19.1. The number of halogens is 1. The lowest BCUT2D eigenvalue weighted by molar-refractivity contribution is -0.293. The van der Waals surface area contributed by atoms with Crippen molar-refractivity contribution in [3.63, 3.8) is 0 Å². The molecule has 1 amide bonds. The van der Waals surface area contributed by atoms with Gasteiger partial charge in [0.2, 0.25) is 0 Å². The Morgan fingerprint density at radius 1 is 1.15 bits per heavy atom. The van der Waals surface area contributed by atoms with Gasteiger partial charge in [0.05, 0.1) is 17.8 Å². The molecule has 2 unspecified atom stereocenters. The van der Waals surface area contributed by atoms with Crippen LogP contribution in [0.1, 0.15) is 74.7 Å². The number of ketones is 2. The first-order chi connectivity index (χ1) is 21.1. The lowest BCUT2D eigenvalue weighted by Gasteiger charge is -2.46. The Kier molecular flexibility index (Phi) is 11.5. The van der Waals surface area contributed by atoms with Crippen molar-refractivity contribution in [2.75, 3.05) is 13.6 Å². The highest BCUT2D eigenvalue weighted by Crippen LogP contribution is 2.42. The molecule has 3 rings (SSSR count). The maximum Gasteiger partial charge on any atom is 0.425 e. The summed E-state index contributed by atoms with van der Waals surface area (Å²) < 4.78 is 39.6. The van der Waals surface area contributed by atoms with Crippen molar-refractivity contribution in [3.05, 3.63) is 12.7 Å². The number of cyclic esters (lactones) is 1. The van der Waals surface area contributed by atoms with Gasteiger partial charge in [0, 0.05) is 30.3 Å². The number of alkyl halides is 1. The zero-order chi connectivity index (χ0) is 35.1. The molecule has 262 valence electrons. The summed E-state index contributed by atoms with van der Waals surface area (Å²) in [4.78, 5) is 55.7. The summed E-state index contributed by atoms with van der Waals surface area (Å²) in [5.41, 5.74) is -6.90. The van der Waals surface area contributed by atoms with Gasteiger partial charge in [0.25, 0.3) is 5.67 Å². The predicted molar refractivity (Wildman–Crippen MR) is 164 cm³/mol. The standard InChI is InChI=1S/C32H52FN3O10/c1-11-13-35(10)20-14-17(4)43-27(23(20)38)45-26-19(6)25(39)31(8,33)28(40)44-21(12-2)32(9)24(36(34)29(41)46-32)18(5)22(37)16(3)15-30(26,7)42/h11,16-21,23-24,26-27,38,42H,1,12-15,34H2,2-10H3/t16-,17-,18+,19+,20+,21-,23-,24?,26-,27?,30-,31+,32-/m1/s1. The van der Waals surface area contributed by atoms with Crippen LogP contribution in [-0.4, -0.2) is 117 Å². The number of rotatable bonds is 6. The molecule has 46 heavy (non-hydrogen) atoms. The number of hydrogen-bond acceptors (Lipinski definition) is 12. The van der Waals surface area contributed by atoms with E-state index in [9.17, 15) is 29.4 Å². The fourth-order valence-corrected chi connectivity index (χ4v) is 7.50. The lowest BCUT2D eigenvalue weighted by Crippen LogP contribution is -2.62. The summed E-state index contributed by atoms with van der Waals surface area (Å²) in [7, 11) is 1.79. The van der Waals surface area contributed by atoms with Gasteiger partial charge in [-0.25, -0.2) is 24.8 Å². The Bertz CT molecular complexity index is 1180. The number of Topliss-reactive ketones (excluding diaryl/α,β-unsaturated/α-hetero) is 2. The Balaban J connectivity index is 2.11. The molecule has 13 nitrogen and oxygen atoms in total. The van der Waals surface area contributed by atoms with Crippen LogP contribution < -0.4 is 5.84 Å². The molecular weight excluding hydrogens is 605 g/mol. The molecule has 0 aromatic rings. The Morgan fingerprint density at radius 2 is 1.76 bits per heavy atom. The van der Waals surface area contributed by atoms with Gasteiger partial charge in [-0.15, -0.1) is 6.58 Å². The molecule has 0 aliphatic carbocycles. The van der Waals surface area contributed by atoms with Gasteiger partial charge < -0.3 is 29.2 Å². The van der Waals surface area contributed by atoms with Gasteiger partial charge in [-0.3, -0.25) is 14.5 Å². The van der Waals surface area contributed by atoms with Crippen LogP contribution in [0.15, 0.2) is 12.7 Å². The Morgan fingerprint density at radius 3 is 2.33 bits per heavy atom. The van der Waals surface area contributed by atoms with E-state index in [1.807, 2.05) is 4.90 Å². The number of hydrazine groups is 1. The summed E-state index contributed by atoms with van der Waals surface area (Å²) in [6.07, 6.45) is -4.92. The molecule has 3 saturated heterocycles. The zero-order valence-electron chi connectivity index (χ0n) is 28.4. The summed E-state index contributed by atoms with van der Waals surface area (Å²) in [5, 5.41) is 24.0. The number of carbonyl (C=O) groups excluding carboxylic acids is 4. The van der Waals surface area contributed by atoms with E-state index < -0.39 is 101 Å². The van der Waals surface area contributed by atoms with Gasteiger partial charge in [0.15, 0.2) is 17.7 Å². The van der Waals surface area contributed by atoms with Crippen LogP contribution >= 0.6 is 0 Å². The molecule has 0 radical (unpaired) electrons. The number of nitrogens with zero attached hydrogens (tertiary/aromatic N) is 2. The second kappa shape index (κ2) is 13.9. The number of aliphatic hydroxyl groups is 2. The zero-order valence-corrected chi connectivity index (χ0v) is 28.4. The second-order valence-corrected chi connectivity index (χ2v) is 13.9. The average molecular weight is 658 g/mol. The molecule has 0 bridgehead atoms. The molecule has 0 aromatic heterocycles. The maximum atomic E-state index is 16.4. The van der Waals surface area contributed by atoms with Crippen molar-refractivity contribution in [3.8, 4) is 0 Å². The molecule has 14 heteroatoms. The third kappa shape index (κ3) is 7.02. The van der Waals surface area contributed by atoms with Crippen LogP contribution in [0.5, 0.6) is 0 Å². The number of carbonyl (C=O) groups is 4. The van der Waals surface area contributed by atoms with E-state index in [4.69, 9.17) is 24.8 Å². The number of esters is 1. The van der Waals surface area contributed by atoms with E-state index in [0.717, 1.165) is 11.9 Å². The van der Waals surface area contributed by atoms with Gasteiger partial charge >= 0.3 is 12.1 Å². The highest BCUT2D eigenvalue weighted by molar-refractivity contribution is 6.07. The minimum Gasteiger partial charge on any atom is -0.455 e. The second-order valence-electron chi connectivity index (χ2n) is 13.9. The number of aliphatic hydroxyl groups excluding tert-OH is 1. The van der Waals surface area contributed by atoms with Crippen molar-refractivity contribution < 1.29 is 52.7 Å². The number of amides is 1. The van der Waals surface area contributed by atoms with Gasteiger partial charge in [0.1, 0.15) is 24.0 Å². The van der Waals surface area contributed by atoms with Crippen LogP contribution in [-0.2, 0) is 33.3 Å². The molecule has 3 aliphatic rings. The molecule has 3 heterocycles. The number of nitrogens with two attached hydrogens (primary N) is 1. The molecule has 4 N–H and O–H groups in total. The minimum atomic E-state index is -3.23. The SMILES string of the molecule is C=CCN(C)[C@H]1C[C@@H](C)OC(O[C@@H]2[C@@H](C)C(=O)[C@](C)(F)C(=O)O[C@H](CC)[C@@]3(C)OC(=O)N(N)C3[C@@H](C)C(=O)[C@H](C)C[C@@]2(C)O)[C@@H]1O. The molecule has 0 aromatic carbocycles. The summed E-state index contributed by atoms with van der Waals surface area (Å²) in [6.45, 7) is 15.5. The lowest BCUT2D eigenvalue weighted by atomic mass is 9.73. The summed E-state index contributed by atoms with van der Waals surface area (Å²) >= 11 is 0. The van der Waals surface area contributed by atoms with Crippen molar-refractivity contribution in [1.29, 1.82) is 0 Å². The monoisotopic (exact) mass is 657 g/mol. The highest BCUT2D eigenvalue weighted by Gasteiger charge is 2.61. The van der Waals surface area contributed by atoms with Gasteiger partial charge in [-0.05, 0) is 54.0 Å². The fourth-order valence-electron chi connectivity index (χ4n) is 7.50. The van der Waals surface area contributed by atoms with Crippen LogP contribution in [0.3, 0.4) is 0 Å². The molecule has 13 atom stereocenters. The van der Waals surface area contributed by atoms with E-state index >= 15 is 4.39 Å². The summed E-state index contributed by atoms with van der Waals surface area (Å²) in [6, 6.07) is -1.58.